The van der Waals surface area contributed by atoms with E-state index in [1.807, 2.05) is 13.8 Å². The third kappa shape index (κ3) is 4.31. The summed E-state index contributed by atoms with van der Waals surface area (Å²) in [7, 11) is 1.39. The van der Waals surface area contributed by atoms with E-state index in [1.165, 1.54) is 25.3 Å². The van der Waals surface area contributed by atoms with E-state index in [0.717, 1.165) is 6.42 Å². The lowest BCUT2D eigenvalue weighted by molar-refractivity contribution is -0.274. The molecule has 108 valence electrons. The first-order chi connectivity index (χ1) is 8.78. The highest BCUT2D eigenvalue weighted by Crippen LogP contribution is 2.34. The zero-order valence-electron chi connectivity index (χ0n) is 11.1. The lowest BCUT2D eigenvalue weighted by Gasteiger charge is -2.21. The third-order valence-electron chi connectivity index (χ3n) is 3.05. The van der Waals surface area contributed by atoms with Crippen molar-refractivity contribution >= 4 is 0 Å². The highest BCUT2D eigenvalue weighted by molar-refractivity contribution is 5.42. The van der Waals surface area contributed by atoms with Gasteiger partial charge in [0.05, 0.1) is 7.11 Å². The maximum atomic E-state index is 12.1. The van der Waals surface area contributed by atoms with E-state index in [-0.39, 0.29) is 17.7 Å². The van der Waals surface area contributed by atoms with Crippen molar-refractivity contribution in [2.75, 3.05) is 7.11 Å². The van der Waals surface area contributed by atoms with Crippen molar-refractivity contribution in [2.45, 2.75) is 32.7 Å². The summed E-state index contributed by atoms with van der Waals surface area (Å²) < 4.78 is 45.3. The van der Waals surface area contributed by atoms with E-state index < -0.39 is 6.36 Å². The van der Waals surface area contributed by atoms with Crippen LogP contribution < -0.4 is 15.2 Å². The second-order valence-corrected chi connectivity index (χ2v) is 4.36. The molecule has 19 heavy (non-hydrogen) atoms. The Hall–Kier alpha value is -1.43. The fourth-order valence-electron chi connectivity index (χ4n) is 1.72. The number of hydrogen-bond donors (Lipinski definition) is 1. The molecule has 0 bridgehead atoms. The molecule has 1 rings (SSSR count). The van der Waals surface area contributed by atoms with Gasteiger partial charge in [0.1, 0.15) is 11.5 Å². The SMILES string of the molecule is CCC(C)[C@H](N)c1ccc(OC(F)(F)F)cc1OC. The molecule has 6 heteroatoms. The van der Waals surface area contributed by atoms with E-state index >= 15 is 0 Å². The van der Waals surface area contributed by atoms with E-state index in [2.05, 4.69) is 4.74 Å². The standard InChI is InChI=1S/C13H18F3NO2/c1-4-8(2)12(17)10-6-5-9(7-11(10)18-3)19-13(14,15)16/h5-8,12H,4,17H2,1-3H3/t8?,12-/m0/s1. The normalized spacial score (nSPS) is 14.9. The maximum Gasteiger partial charge on any atom is 0.573 e. The quantitative estimate of drug-likeness (QED) is 0.893. The van der Waals surface area contributed by atoms with Gasteiger partial charge in [0, 0.05) is 17.7 Å². The molecule has 1 aromatic rings. The molecule has 0 fully saturated rings. The average molecular weight is 277 g/mol. The number of rotatable bonds is 5. The van der Waals surface area contributed by atoms with Crippen LogP contribution >= 0.6 is 0 Å². The molecule has 3 nitrogen and oxygen atoms in total. The van der Waals surface area contributed by atoms with Crippen molar-refractivity contribution in [2.24, 2.45) is 11.7 Å². The van der Waals surface area contributed by atoms with Gasteiger partial charge in [0.15, 0.2) is 0 Å². The second kappa shape index (κ2) is 6.14. The van der Waals surface area contributed by atoms with E-state index in [0.29, 0.717) is 11.3 Å². The van der Waals surface area contributed by atoms with E-state index in [9.17, 15) is 13.2 Å². The number of alkyl halides is 3. The summed E-state index contributed by atoms with van der Waals surface area (Å²) in [5, 5.41) is 0. The minimum absolute atomic E-state index is 0.197. The molecule has 1 aromatic carbocycles. The largest absolute Gasteiger partial charge is 0.573 e. The lowest BCUT2D eigenvalue weighted by Crippen LogP contribution is -2.20. The van der Waals surface area contributed by atoms with E-state index in [1.54, 1.807) is 0 Å². The zero-order chi connectivity index (χ0) is 14.6. The summed E-state index contributed by atoms with van der Waals surface area (Å²) in [5.41, 5.74) is 6.73. The third-order valence-corrected chi connectivity index (χ3v) is 3.05. The van der Waals surface area contributed by atoms with Gasteiger partial charge in [-0.2, -0.15) is 0 Å². The van der Waals surface area contributed by atoms with E-state index in [4.69, 9.17) is 10.5 Å². The summed E-state index contributed by atoms with van der Waals surface area (Å²) in [5.74, 6) is 0.183. The van der Waals surface area contributed by atoms with Crippen molar-refractivity contribution in [1.29, 1.82) is 0 Å². The summed E-state index contributed by atoms with van der Waals surface area (Å²) in [6.45, 7) is 3.97. The lowest BCUT2D eigenvalue weighted by atomic mass is 9.92. The fraction of sp³-hybridized carbons (Fsp3) is 0.538. The molecule has 0 spiro atoms. The Morgan fingerprint density at radius 1 is 1.32 bits per heavy atom. The number of halogens is 3. The Morgan fingerprint density at radius 2 is 1.95 bits per heavy atom. The number of benzene rings is 1. The molecule has 2 atom stereocenters. The van der Waals surface area contributed by atoms with Gasteiger partial charge < -0.3 is 15.2 Å². The van der Waals surface area contributed by atoms with Gasteiger partial charge in [-0.05, 0) is 12.0 Å². The molecular formula is C13H18F3NO2. The summed E-state index contributed by atoms with van der Waals surface area (Å²) in [6.07, 6.45) is -3.85. The van der Waals surface area contributed by atoms with Crippen LogP contribution in [-0.4, -0.2) is 13.5 Å². The van der Waals surface area contributed by atoms with Crippen molar-refractivity contribution in [3.63, 3.8) is 0 Å². The highest BCUT2D eigenvalue weighted by atomic mass is 19.4. The second-order valence-electron chi connectivity index (χ2n) is 4.36. The monoisotopic (exact) mass is 277 g/mol. The molecule has 2 N–H and O–H groups in total. The Morgan fingerprint density at radius 3 is 2.42 bits per heavy atom. The van der Waals surface area contributed by atoms with Gasteiger partial charge in [0.2, 0.25) is 0 Å². The van der Waals surface area contributed by atoms with Crippen LogP contribution in [0, 0.1) is 5.92 Å². The smallest absolute Gasteiger partial charge is 0.496 e. The van der Waals surface area contributed by atoms with Crippen LogP contribution in [0.25, 0.3) is 0 Å². The van der Waals surface area contributed by atoms with Crippen molar-refractivity contribution in [3.05, 3.63) is 23.8 Å². The molecule has 0 aromatic heterocycles. The predicted octanol–water partition coefficient (Wildman–Crippen LogP) is 3.64. The Balaban J connectivity index is 3.03. The van der Waals surface area contributed by atoms with Gasteiger partial charge in [-0.1, -0.05) is 26.3 Å². The Kier molecular flexibility index (Phi) is 5.05. The van der Waals surface area contributed by atoms with Crippen LogP contribution in [-0.2, 0) is 0 Å². The van der Waals surface area contributed by atoms with Crippen LogP contribution in [0.3, 0.4) is 0 Å². The van der Waals surface area contributed by atoms with Crippen LogP contribution in [0.1, 0.15) is 31.9 Å². The molecule has 0 heterocycles. The molecule has 0 aliphatic heterocycles. The Bertz CT molecular complexity index is 421. The van der Waals surface area contributed by atoms with Gasteiger partial charge in [-0.15, -0.1) is 13.2 Å². The van der Waals surface area contributed by atoms with Crippen molar-refractivity contribution < 1.29 is 22.6 Å². The zero-order valence-corrected chi connectivity index (χ0v) is 11.1. The molecule has 0 aliphatic rings. The van der Waals surface area contributed by atoms with Gasteiger partial charge in [-0.25, -0.2) is 0 Å². The molecule has 0 amide bonds. The van der Waals surface area contributed by atoms with Gasteiger partial charge >= 0.3 is 6.36 Å². The van der Waals surface area contributed by atoms with Crippen LogP contribution in [0.15, 0.2) is 18.2 Å². The minimum Gasteiger partial charge on any atom is -0.496 e. The highest BCUT2D eigenvalue weighted by Gasteiger charge is 2.31. The van der Waals surface area contributed by atoms with Gasteiger partial charge in [0.25, 0.3) is 0 Å². The first-order valence-corrected chi connectivity index (χ1v) is 5.97. The Labute approximate surface area is 110 Å². The van der Waals surface area contributed by atoms with Crippen molar-refractivity contribution in [1.82, 2.24) is 0 Å². The molecule has 0 saturated carbocycles. The predicted molar refractivity (Wildman–Crippen MR) is 66.1 cm³/mol. The molecule has 0 saturated heterocycles. The summed E-state index contributed by atoms with van der Waals surface area (Å²) >= 11 is 0. The molecule has 0 radical (unpaired) electrons. The summed E-state index contributed by atoms with van der Waals surface area (Å²) in [4.78, 5) is 0. The molecule has 1 unspecified atom stereocenters. The topological polar surface area (TPSA) is 44.5 Å². The van der Waals surface area contributed by atoms with Crippen LogP contribution in [0.4, 0.5) is 13.2 Å². The average Bonchev–Trinajstić information content (AvgIpc) is 2.34. The minimum atomic E-state index is -4.72. The summed E-state index contributed by atoms with van der Waals surface area (Å²) in [6, 6.07) is 3.66. The fourth-order valence-corrected chi connectivity index (χ4v) is 1.72. The molecule has 0 aliphatic carbocycles. The number of ether oxygens (including phenoxy) is 2. The number of hydrogen-bond acceptors (Lipinski definition) is 3. The molecular weight excluding hydrogens is 259 g/mol. The first kappa shape index (κ1) is 15.6. The maximum absolute atomic E-state index is 12.1. The van der Waals surface area contributed by atoms with Crippen LogP contribution in [0.2, 0.25) is 0 Å². The number of methoxy groups -OCH3 is 1. The van der Waals surface area contributed by atoms with Crippen molar-refractivity contribution in [3.8, 4) is 11.5 Å². The number of nitrogens with two attached hydrogens (primary N) is 1. The van der Waals surface area contributed by atoms with Crippen LogP contribution in [0.5, 0.6) is 11.5 Å². The first-order valence-electron chi connectivity index (χ1n) is 5.97. The van der Waals surface area contributed by atoms with Gasteiger partial charge in [-0.3, -0.25) is 0 Å².